The zero-order chi connectivity index (χ0) is 20.6. The summed E-state index contributed by atoms with van der Waals surface area (Å²) in [7, 11) is 0. The van der Waals surface area contributed by atoms with Crippen LogP contribution in [0.5, 0.6) is 5.75 Å². The topological polar surface area (TPSA) is 77.8 Å². The van der Waals surface area contributed by atoms with Crippen LogP contribution in [0.25, 0.3) is 0 Å². The molecular formula is C23H18ClNO4. The van der Waals surface area contributed by atoms with Gasteiger partial charge in [0, 0.05) is 10.6 Å². The molecule has 6 heteroatoms. The third-order valence-corrected chi connectivity index (χ3v) is 5.37. The molecule has 0 unspecified atom stereocenters. The highest BCUT2D eigenvalue weighted by Crippen LogP contribution is 2.43. The second kappa shape index (κ2) is 7.35. The van der Waals surface area contributed by atoms with E-state index in [0.29, 0.717) is 16.3 Å². The number of phenols is 1. The number of Topliss-reactive ketones (excluding diaryl/α,β-unsaturated/α-hetero) is 1. The van der Waals surface area contributed by atoms with Crippen LogP contribution in [-0.4, -0.2) is 21.9 Å². The van der Waals surface area contributed by atoms with Gasteiger partial charge in [-0.05, 0) is 35.9 Å². The van der Waals surface area contributed by atoms with Crippen LogP contribution in [0.4, 0.5) is 5.69 Å². The molecule has 0 aliphatic carbocycles. The number of anilines is 1. The summed E-state index contributed by atoms with van der Waals surface area (Å²) in [5.74, 6) is -1.27. The maximum Gasteiger partial charge on any atom is 0.264 e. The monoisotopic (exact) mass is 407 g/mol. The van der Waals surface area contributed by atoms with Gasteiger partial charge >= 0.3 is 0 Å². The van der Waals surface area contributed by atoms with E-state index in [2.05, 4.69) is 0 Å². The van der Waals surface area contributed by atoms with E-state index in [1.165, 1.54) is 17.0 Å². The molecule has 1 aliphatic rings. The van der Waals surface area contributed by atoms with Gasteiger partial charge in [0.1, 0.15) is 5.75 Å². The van der Waals surface area contributed by atoms with Crippen molar-refractivity contribution in [3.63, 3.8) is 0 Å². The number of halogens is 1. The highest BCUT2D eigenvalue weighted by atomic mass is 35.5. The average Bonchev–Trinajstić information content (AvgIpc) is 2.92. The minimum Gasteiger partial charge on any atom is -0.507 e. The second-order valence-electron chi connectivity index (χ2n) is 7.01. The van der Waals surface area contributed by atoms with Gasteiger partial charge in [-0.25, -0.2) is 0 Å². The van der Waals surface area contributed by atoms with Crippen LogP contribution in [0.15, 0.2) is 72.8 Å². The van der Waals surface area contributed by atoms with E-state index in [1.54, 1.807) is 48.5 Å². The lowest BCUT2D eigenvalue weighted by Gasteiger charge is -2.23. The molecule has 0 radical (unpaired) electrons. The number of nitrogens with zero attached hydrogens (tertiary/aromatic N) is 1. The molecule has 29 heavy (non-hydrogen) atoms. The largest absolute Gasteiger partial charge is 0.507 e. The minimum absolute atomic E-state index is 0.0716. The zero-order valence-corrected chi connectivity index (χ0v) is 16.1. The second-order valence-corrected chi connectivity index (χ2v) is 7.45. The van der Waals surface area contributed by atoms with Crippen LogP contribution in [-0.2, 0) is 16.9 Å². The standard InChI is InChI=1S/C23H18ClNO4/c24-16-11-9-15(10-12-16)14-25-19-7-3-2-6-18(19)23(29,22(25)28)13-21(27)17-5-1-4-8-20(17)26/h1-12,26,29H,13-14H2/t23-/m1/s1. The summed E-state index contributed by atoms with van der Waals surface area (Å²) < 4.78 is 0. The Morgan fingerprint density at radius 3 is 2.34 bits per heavy atom. The molecule has 1 amide bonds. The Morgan fingerprint density at radius 1 is 0.966 bits per heavy atom. The van der Waals surface area contributed by atoms with Gasteiger partial charge in [0.2, 0.25) is 0 Å². The molecular weight excluding hydrogens is 390 g/mol. The smallest absolute Gasteiger partial charge is 0.264 e. The molecule has 4 rings (SSSR count). The molecule has 0 saturated carbocycles. The van der Waals surface area contributed by atoms with Gasteiger partial charge in [-0.1, -0.05) is 54.1 Å². The third-order valence-electron chi connectivity index (χ3n) is 5.11. The van der Waals surface area contributed by atoms with Crippen LogP contribution in [0.2, 0.25) is 5.02 Å². The minimum atomic E-state index is -2.00. The quantitative estimate of drug-likeness (QED) is 0.625. The number of phenolic OH excluding ortho intramolecular Hbond substituents is 1. The summed E-state index contributed by atoms with van der Waals surface area (Å²) in [6.07, 6.45) is -0.461. The van der Waals surface area contributed by atoms with Crippen LogP contribution in [0.3, 0.4) is 0 Å². The maximum atomic E-state index is 13.2. The van der Waals surface area contributed by atoms with Crippen molar-refractivity contribution in [3.05, 3.63) is 94.5 Å². The number of carbonyl (C=O) groups excluding carboxylic acids is 2. The van der Waals surface area contributed by atoms with Crippen LogP contribution in [0, 0.1) is 0 Å². The third kappa shape index (κ3) is 3.39. The van der Waals surface area contributed by atoms with E-state index < -0.39 is 23.7 Å². The first kappa shape index (κ1) is 19.2. The fourth-order valence-corrected chi connectivity index (χ4v) is 3.77. The molecule has 3 aromatic rings. The summed E-state index contributed by atoms with van der Waals surface area (Å²) >= 11 is 5.93. The number of para-hydroxylation sites is 2. The van der Waals surface area contributed by atoms with Gasteiger partial charge in [0.15, 0.2) is 11.4 Å². The first-order chi connectivity index (χ1) is 13.9. The number of rotatable bonds is 5. The van der Waals surface area contributed by atoms with E-state index in [9.17, 15) is 19.8 Å². The van der Waals surface area contributed by atoms with Crippen molar-refractivity contribution in [2.75, 3.05) is 4.90 Å². The van der Waals surface area contributed by atoms with Crippen LogP contribution >= 0.6 is 11.6 Å². The van der Waals surface area contributed by atoms with Crippen LogP contribution < -0.4 is 4.90 Å². The Kier molecular flexibility index (Phi) is 4.86. The van der Waals surface area contributed by atoms with E-state index in [4.69, 9.17) is 11.6 Å². The molecule has 146 valence electrons. The lowest BCUT2D eigenvalue weighted by atomic mass is 9.88. The summed E-state index contributed by atoms with van der Waals surface area (Å²) in [6, 6.07) is 20.1. The lowest BCUT2D eigenvalue weighted by Crippen LogP contribution is -2.41. The average molecular weight is 408 g/mol. The molecule has 1 aliphatic heterocycles. The first-order valence-corrected chi connectivity index (χ1v) is 9.47. The number of aliphatic hydroxyl groups is 1. The Hall–Kier alpha value is -3.15. The van der Waals surface area contributed by atoms with E-state index in [0.717, 1.165) is 5.56 Å². The Labute approximate surface area is 172 Å². The highest BCUT2D eigenvalue weighted by Gasteiger charge is 2.50. The number of ketones is 1. The van der Waals surface area contributed by atoms with Crippen molar-refractivity contribution in [1.29, 1.82) is 0 Å². The lowest BCUT2D eigenvalue weighted by molar-refractivity contribution is -0.136. The summed E-state index contributed by atoms with van der Waals surface area (Å²) in [5, 5.41) is 21.9. The molecule has 1 heterocycles. The van der Waals surface area contributed by atoms with Gasteiger partial charge in [-0.3, -0.25) is 9.59 Å². The number of hydrogen-bond donors (Lipinski definition) is 2. The molecule has 3 aromatic carbocycles. The van der Waals surface area contributed by atoms with Crippen molar-refractivity contribution >= 4 is 29.0 Å². The van der Waals surface area contributed by atoms with Crippen molar-refractivity contribution < 1.29 is 19.8 Å². The molecule has 0 fully saturated rings. The van der Waals surface area contributed by atoms with Crippen molar-refractivity contribution in [2.45, 2.75) is 18.6 Å². The fraction of sp³-hybridized carbons (Fsp3) is 0.130. The van der Waals surface area contributed by atoms with Gasteiger partial charge in [0.05, 0.1) is 24.2 Å². The Bertz CT molecular complexity index is 1100. The first-order valence-electron chi connectivity index (χ1n) is 9.09. The van der Waals surface area contributed by atoms with Gasteiger partial charge in [-0.15, -0.1) is 0 Å². The molecule has 0 spiro atoms. The van der Waals surface area contributed by atoms with Crippen molar-refractivity contribution in [1.82, 2.24) is 0 Å². The zero-order valence-electron chi connectivity index (χ0n) is 15.4. The number of hydrogen-bond acceptors (Lipinski definition) is 4. The predicted molar refractivity (Wildman–Crippen MR) is 110 cm³/mol. The van der Waals surface area contributed by atoms with Gasteiger partial charge in [-0.2, -0.15) is 0 Å². The number of fused-ring (bicyclic) bond motifs is 1. The Balaban J connectivity index is 1.69. The molecule has 1 atom stereocenters. The van der Waals surface area contributed by atoms with Crippen molar-refractivity contribution in [3.8, 4) is 5.75 Å². The van der Waals surface area contributed by atoms with E-state index in [1.807, 2.05) is 12.1 Å². The van der Waals surface area contributed by atoms with E-state index in [-0.39, 0.29) is 17.9 Å². The van der Waals surface area contributed by atoms with E-state index >= 15 is 0 Å². The summed E-state index contributed by atoms with van der Waals surface area (Å²) in [4.78, 5) is 27.5. The van der Waals surface area contributed by atoms with Gasteiger partial charge in [0.25, 0.3) is 5.91 Å². The number of benzene rings is 3. The Morgan fingerprint density at radius 2 is 1.62 bits per heavy atom. The summed E-state index contributed by atoms with van der Waals surface area (Å²) in [5.41, 5.74) is -0.151. The predicted octanol–water partition coefficient (Wildman–Crippen LogP) is 4.05. The normalized spacial score (nSPS) is 18.0. The molecule has 2 N–H and O–H groups in total. The van der Waals surface area contributed by atoms with Crippen LogP contribution in [0.1, 0.15) is 27.9 Å². The SMILES string of the molecule is O=C(C[C@]1(O)C(=O)N(Cc2ccc(Cl)cc2)c2ccccc21)c1ccccc1O. The molecule has 0 aromatic heterocycles. The highest BCUT2D eigenvalue weighted by molar-refractivity contribution is 6.30. The summed E-state index contributed by atoms with van der Waals surface area (Å²) in [6.45, 7) is 0.236. The number of carbonyl (C=O) groups is 2. The van der Waals surface area contributed by atoms with Gasteiger partial charge < -0.3 is 15.1 Å². The van der Waals surface area contributed by atoms with Crippen molar-refractivity contribution in [2.24, 2.45) is 0 Å². The molecule has 0 bridgehead atoms. The molecule has 0 saturated heterocycles. The fourth-order valence-electron chi connectivity index (χ4n) is 3.64. The molecule has 5 nitrogen and oxygen atoms in total. The maximum absolute atomic E-state index is 13.2. The number of amides is 1. The number of aromatic hydroxyl groups is 1.